The van der Waals surface area contributed by atoms with Crippen molar-refractivity contribution in [2.45, 2.75) is 45.1 Å². The Morgan fingerprint density at radius 2 is 2.04 bits per heavy atom. The maximum Gasteiger partial charge on any atom is 0.586 e. The third-order valence-electron chi connectivity index (χ3n) is 4.25. The summed E-state index contributed by atoms with van der Waals surface area (Å²) in [6.07, 6.45) is 0.511. The van der Waals surface area contributed by atoms with Crippen molar-refractivity contribution in [1.82, 2.24) is 20.1 Å². The first kappa shape index (κ1) is 16.6. The molecule has 0 fully saturated rings. The van der Waals surface area contributed by atoms with Crippen LogP contribution in [-0.4, -0.2) is 27.1 Å². The Balaban J connectivity index is 1.36. The quantitative estimate of drug-likeness (QED) is 0.873. The van der Waals surface area contributed by atoms with Crippen LogP contribution >= 0.6 is 0 Å². The van der Waals surface area contributed by atoms with Crippen LogP contribution in [0.2, 0.25) is 0 Å². The third kappa shape index (κ3) is 3.39. The van der Waals surface area contributed by atoms with E-state index >= 15 is 0 Å². The predicted molar refractivity (Wildman–Crippen MR) is 86.1 cm³/mol. The standard InChI is InChI=1S/C16H17F2N5O3/c17-16(18)25-11-6-5-10(8-12(11)26-16)20-15(24)19-9-14-22-21-13-4-2-1-3-7-23(13)14/h5-6,8H,1-4,7,9H2,(H2,19,20,24). The highest BCUT2D eigenvalue weighted by molar-refractivity contribution is 5.89. The van der Waals surface area contributed by atoms with E-state index in [-0.39, 0.29) is 18.0 Å². The average Bonchev–Trinajstić information content (AvgIpc) is 3.01. The van der Waals surface area contributed by atoms with Gasteiger partial charge in [0.1, 0.15) is 5.82 Å². The number of anilines is 1. The van der Waals surface area contributed by atoms with Crippen molar-refractivity contribution in [1.29, 1.82) is 0 Å². The first-order valence-corrected chi connectivity index (χ1v) is 8.36. The van der Waals surface area contributed by atoms with E-state index in [2.05, 4.69) is 30.3 Å². The van der Waals surface area contributed by atoms with Crippen LogP contribution in [0.1, 0.15) is 30.9 Å². The van der Waals surface area contributed by atoms with Crippen LogP contribution in [-0.2, 0) is 19.5 Å². The Hall–Kier alpha value is -2.91. The minimum atomic E-state index is -3.69. The van der Waals surface area contributed by atoms with Gasteiger partial charge in [0.05, 0.1) is 6.54 Å². The van der Waals surface area contributed by atoms with Gasteiger partial charge in [-0.2, -0.15) is 0 Å². The number of nitrogens with one attached hydrogen (secondary N) is 2. The molecule has 2 aliphatic rings. The van der Waals surface area contributed by atoms with Gasteiger partial charge in [-0.1, -0.05) is 6.42 Å². The second-order valence-corrected chi connectivity index (χ2v) is 6.13. The van der Waals surface area contributed by atoms with E-state index in [0.717, 1.165) is 38.1 Å². The molecule has 0 saturated heterocycles. The molecule has 138 valence electrons. The van der Waals surface area contributed by atoms with Gasteiger partial charge in [0, 0.05) is 24.7 Å². The van der Waals surface area contributed by atoms with Gasteiger partial charge in [0.2, 0.25) is 0 Å². The number of halogens is 2. The van der Waals surface area contributed by atoms with Gasteiger partial charge in [0.25, 0.3) is 0 Å². The molecule has 0 spiro atoms. The molecule has 1 aromatic heterocycles. The zero-order valence-corrected chi connectivity index (χ0v) is 13.8. The molecule has 0 atom stereocenters. The molecule has 0 bridgehead atoms. The molecule has 4 rings (SSSR count). The van der Waals surface area contributed by atoms with E-state index in [0.29, 0.717) is 11.5 Å². The summed E-state index contributed by atoms with van der Waals surface area (Å²) in [4.78, 5) is 12.1. The summed E-state index contributed by atoms with van der Waals surface area (Å²) in [6, 6.07) is 3.55. The van der Waals surface area contributed by atoms with E-state index in [1.54, 1.807) is 0 Å². The zero-order chi connectivity index (χ0) is 18.1. The lowest BCUT2D eigenvalue weighted by molar-refractivity contribution is -0.286. The van der Waals surface area contributed by atoms with Crippen LogP contribution in [0.25, 0.3) is 0 Å². The van der Waals surface area contributed by atoms with Gasteiger partial charge < -0.3 is 24.7 Å². The molecule has 26 heavy (non-hydrogen) atoms. The van der Waals surface area contributed by atoms with Crippen LogP contribution < -0.4 is 20.1 Å². The fourth-order valence-corrected chi connectivity index (χ4v) is 3.04. The highest BCUT2D eigenvalue weighted by Gasteiger charge is 2.43. The number of alkyl halides is 2. The van der Waals surface area contributed by atoms with E-state index in [1.165, 1.54) is 18.2 Å². The van der Waals surface area contributed by atoms with Gasteiger partial charge in [-0.05, 0) is 25.0 Å². The van der Waals surface area contributed by atoms with Gasteiger partial charge in [-0.25, -0.2) is 4.79 Å². The number of hydrogen-bond donors (Lipinski definition) is 2. The summed E-state index contributed by atoms with van der Waals surface area (Å²) < 4.78 is 36.7. The molecule has 0 radical (unpaired) electrons. The summed E-state index contributed by atoms with van der Waals surface area (Å²) in [6.45, 7) is 1.07. The Morgan fingerprint density at radius 1 is 1.19 bits per heavy atom. The van der Waals surface area contributed by atoms with E-state index in [9.17, 15) is 13.6 Å². The fourth-order valence-electron chi connectivity index (χ4n) is 3.04. The van der Waals surface area contributed by atoms with E-state index < -0.39 is 12.3 Å². The molecule has 3 heterocycles. The van der Waals surface area contributed by atoms with E-state index in [1.807, 2.05) is 4.57 Å². The number of ether oxygens (including phenoxy) is 2. The molecule has 1 aromatic carbocycles. The number of aromatic nitrogens is 3. The average molecular weight is 365 g/mol. The first-order chi connectivity index (χ1) is 12.5. The van der Waals surface area contributed by atoms with Crippen molar-refractivity contribution in [3.05, 3.63) is 29.8 Å². The lowest BCUT2D eigenvalue weighted by atomic mass is 10.2. The lowest BCUT2D eigenvalue weighted by Crippen LogP contribution is -2.29. The molecule has 0 saturated carbocycles. The Bertz CT molecular complexity index is 839. The number of urea groups is 1. The van der Waals surface area contributed by atoms with Crippen molar-refractivity contribution in [3.63, 3.8) is 0 Å². The summed E-state index contributed by atoms with van der Waals surface area (Å²) in [5.74, 6) is 1.43. The summed E-state index contributed by atoms with van der Waals surface area (Å²) in [7, 11) is 0. The van der Waals surface area contributed by atoms with Gasteiger partial charge in [0.15, 0.2) is 17.3 Å². The van der Waals surface area contributed by atoms with Gasteiger partial charge >= 0.3 is 12.3 Å². The number of carbonyl (C=O) groups is 1. The minimum absolute atomic E-state index is 0.0767. The second-order valence-electron chi connectivity index (χ2n) is 6.13. The van der Waals surface area contributed by atoms with Crippen molar-refractivity contribution < 1.29 is 23.0 Å². The van der Waals surface area contributed by atoms with Crippen LogP contribution in [0.15, 0.2) is 18.2 Å². The number of benzene rings is 1. The molecule has 2 aliphatic heterocycles. The number of rotatable bonds is 3. The zero-order valence-electron chi connectivity index (χ0n) is 13.8. The monoisotopic (exact) mass is 365 g/mol. The largest absolute Gasteiger partial charge is 0.586 e. The van der Waals surface area contributed by atoms with Gasteiger partial charge in [-0.3, -0.25) is 0 Å². The number of hydrogen-bond acceptors (Lipinski definition) is 5. The minimum Gasteiger partial charge on any atom is -0.395 e. The molecule has 2 N–H and O–H groups in total. The second kappa shape index (κ2) is 6.43. The van der Waals surface area contributed by atoms with Crippen LogP contribution in [0, 0.1) is 0 Å². The smallest absolute Gasteiger partial charge is 0.395 e. The van der Waals surface area contributed by atoms with Crippen LogP contribution in [0.5, 0.6) is 11.5 Å². The fraction of sp³-hybridized carbons (Fsp3) is 0.438. The van der Waals surface area contributed by atoms with Gasteiger partial charge in [-0.15, -0.1) is 19.0 Å². The van der Waals surface area contributed by atoms with E-state index in [4.69, 9.17) is 0 Å². The summed E-state index contributed by atoms with van der Waals surface area (Å²) in [5, 5.41) is 13.6. The number of fused-ring (bicyclic) bond motifs is 2. The highest BCUT2D eigenvalue weighted by Crippen LogP contribution is 2.42. The molecule has 2 amide bonds. The molecule has 0 aliphatic carbocycles. The van der Waals surface area contributed by atoms with Crippen LogP contribution in [0.3, 0.4) is 0 Å². The molecular formula is C16H17F2N5O3. The maximum absolute atomic E-state index is 13.0. The third-order valence-corrected chi connectivity index (χ3v) is 4.25. The lowest BCUT2D eigenvalue weighted by Gasteiger charge is -2.09. The molecule has 0 unspecified atom stereocenters. The Morgan fingerprint density at radius 3 is 2.92 bits per heavy atom. The molecule has 10 heteroatoms. The number of amides is 2. The maximum atomic E-state index is 13.0. The van der Waals surface area contributed by atoms with Crippen molar-refractivity contribution >= 4 is 11.7 Å². The molecule has 8 nitrogen and oxygen atoms in total. The number of nitrogens with zero attached hydrogens (tertiary/aromatic N) is 3. The van der Waals surface area contributed by atoms with Crippen molar-refractivity contribution in [2.24, 2.45) is 0 Å². The Kier molecular flexibility index (Phi) is 4.09. The predicted octanol–water partition coefficient (Wildman–Crippen LogP) is 2.65. The highest BCUT2D eigenvalue weighted by atomic mass is 19.3. The normalized spacial score (nSPS) is 17.3. The SMILES string of the molecule is O=C(NCc1nnc2n1CCCCC2)Nc1ccc2c(c1)OC(F)(F)O2. The van der Waals surface area contributed by atoms with Crippen molar-refractivity contribution in [2.75, 3.05) is 5.32 Å². The summed E-state index contributed by atoms with van der Waals surface area (Å²) in [5.41, 5.74) is 0.308. The molecular weight excluding hydrogens is 348 g/mol. The molecule has 2 aromatic rings. The van der Waals surface area contributed by atoms with Crippen molar-refractivity contribution in [3.8, 4) is 11.5 Å². The number of carbonyl (C=O) groups excluding carboxylic acids is 1. The number of aryl methyl sites for hydroxylation is 1. The first-order valence-electron chi connectivity index (χ1n) is 8.36. The summed E-state index contributed by atoms with van der Waals surface area (Å²) >= 11 is 0. The topological polar surface area (TPSA) is 90.3 Å². The Labute approximate surface area is 147 Å². The van der Waals surface area contributed by atoms with Crippen LogP contribution in [0.4, 0.5) is 19.3 Å².